The Morgan fingerprint density at radius 2 is 1.50 bits per heavy atom. The fraction of sp³-hybridized carbons (Fsp3) is 0.350. The van der Waals surface area contributed by atoms with Crippen molar-refractivity contribution in [1.82, 2.24) is 0 Å². The van der Waals surface area contributed by atoms with Gasteiger partial charge in [-0.25, -0.2) is 8.42 Å². The van der Waals surface area contributed by atoms with Gasteiger partial charge in [-0.1, -0.05) is 0 Å². The van der Waals surface area contributed by atoms with E-state index in [2.05, 4.69) is 5.32 Å². The number of benzene rings is 2. The number of ether oxygens (including phenoxy) is 4. The quantitative estimate of drug-likeness (QED) is 0.642. The molecule has 0 radical (unpaired) electrons. The molecular weight excluding hydrogens is 412 g/mol. The summed E-state index contributed by atoms with van der Waals surface area (Å²) in [5, 5.41) is 2.70. The van der Waals surface area contributed by atoms with E-state index in [0.717, 1.165) is 10.6 Å². The van der Waals surface area contributed by atoms with Gasteiger partial charge in [-0.15, -0.1) is 0 Å². The first kappa shape index (κ1) is 23.1. The molecule has 164 valence electrons. The van der Waals surface area contributed by atoms with Gasteiger partial charge in [-0.3, -0.25) is 9.10 Å². The first-order valence-electron chi connectivity index (χ1n) is 8.90. The van der Waals surface area contributed by atoms with Gasteiger partial charge in [0.15, 0.2) is 11.5 Å². The molecule has 30 heavy (non-hydrogen) atoms. The maximum atomic E-state index is 12.9. The molecule has 1 amide bonds. The predicted molar refractivity (Wildman–Crippen MR) is 115 cm³/mol. The zero-order chi connectivity index (χ0) is 22.5. The van der Waals surface area contributed by atoms with E-state index in [1.54, 1.807) is 24.3 Å². The molecule has 2 rings (SSSR count). The van der Waals surface area contributed by atoms with E-state index in [1.807, 2.05) is 0 Å². The summed E-state index contributed by atoms with van der Waals surface area (Å²) in [4.78, 5) is 12.9. The maximum absolute atomic E-state index is 12.9. The molecular formula is C20H26N2O7S. The average Bonchev–Trinajstić information content (AvgIpc) is 2.72. The smallest absolute Gasteiger partial charge is 0.248 e. The minimum atomic E-state index is -3.81. The number of hydrogen-bond donors (Lipinski definition) is 1. The number of amides is 1. The van der Waals surface area contributed by atoms with Crippen LogP contribution in [0.15, 0.2) is 36.4 Å². The van der Waals surface area contributed by atoms with Crippen LogP contribution in [-0.2, 0) is 14.8 Å². The topological polar surface area (TPSA) is 103 Å². The highest BCUT2D eigenvalue weighted by Crippen LogP contribution is 2.34. The van der Waals surface area contributed by atoms with Crippen molar-refractivity contribution < 1.29 is 32.2 Å². The summed E-state index contributed by atoms with van der Waals surface area (Å²) in [6, 6.07) is 8.45. The molecule has 0 aromatic heterocycles. The van der Waals surface area contributed by atoms with Crippen molar-refractivity contribution in [3.8, 4) is 23.0 Å². The molecule has 0 aliphatic rings. The summed E-state index contributed by atoms with van der Waals surface area (Å²) in [5.74, 6) is 1.15. The second-order valence-corrected chi connectivity index (χ2v) is 8.19. The summed E-state index contributed by atoms with van der Waals surface area (Å²) in [7, 11) is 2.07. The standard InChI is InChI=1S/C20H26N2O7S/c1-13(20(23)21-16-12-15(26-2)8-10-17(16)27-3)22(30(6,24)25)14-7-9-18(28-4)19(11-14)29-5/h7-13H,1-6H3,(H,21,23). The van der Waals surface area contributed by atoms with Gasteiger partial charge in [0.2, 0.25) is 15.9 Å². The SMILES string of the molecule is COc1ccc(OC)c(NC(=O)C(C)N(c2ccc(OC)c(OC)c2)S(C)(=O)=O)c1. The van der Waals surface area contributed by atoms with Gasteiger partial charge in [0.05, 0.1) is 46.1 Å². The summed E-state index contributed by atoms with van der Waals surface area (Å²) < 4.78 is 47.0. The van der Waals surface area contributed by atoms with E-state index in [1.165, 1.54) is 47.5 Å². The van der Waals surface area contributed by atoms with E-state index in [0.29, 0.717) is 28.7 Å². The molecule has 1 atom stereocenters. The first-order chi connectivity index (χ1) is 14.2. The van der Waals surface area contributed by atoms with E-state index >= 15 is 0 Å². The molecule has 2 aromatic rings. The lowest BCUT2D eigenvalue weighted by Gasteiger charge is -2.29. The third-order valence-corrected chi connectivity index (χ3v) is 5.62. The Labute approximate surface area is 176 Å². The zero-order valence-electron chi connectivity index (χ0n) is 17.8. The van der Waals surface area contributed by atoms with Gasteiger partial charge in [-0.05, 0) is 31.2 Å². The Kier molecular flexibility index (Phi) is 7.38. The largest absolute Gasteiger partial charge is 0.497 e. The highest BCUT2D eigenvalue weighted by molar-refractivity contribution is 7.92. The molecule has 0 saturated heterocycles. The average molecular weight is 439 g/mol. The van der Waals surface area contributed by atoms with E-state index in [4.69, 9.17) is 18.9 Å². The lowest BCUT2D eigenvalue weighted by atomic mass is 10.2. The van der Waals surface area contributed by atoms with E-state index in [9.17, 15) is 13.2 Å². The van der Waals surface area contributed by atoms with Crippen LogP contribution in [0.5, 0.6) is 23.0 Å². The van der Waals surface area contributed by atoms with Crippen LogP contribution >= 0.6 is 0 Å². The van der Waals surface area contributed by atoms with Gasteiger partial charge in [0.25, 0.3) is 0 Å². The molecule has 0 spiro atoms. The highest BCUT2D eigenvalue weighted by Gasteiger charge is 2.30. The van der Waals surface area contributed by atoms with Crippen molar-refractivity contribution in [3.05, 3.63) is 36.4 Å². The summed E-state index contributed by atoms with van der Waals surface area (Å²) >= 11 is 0. The molecule has 0 aliphatic carbocycles. The lowest BCUT2D eigenvalue weighted by Crippen LogP contribution is -2.45. The molecule has 1 unspecified atom stereocenters. The Morgan fingerprint density at radius 1 is 0.900 bits per heavy atom. The van der Waals surface area contributed by atoms with Crippen molar-refractivity contribution in [1.29, 1.82) is 0 Å². The maximum Gasteiger partial charge on any atom is 0.248 e. The van der Waals surface area contributed by atoms with Crippen LogP contribution in [0.25, 0.3) is 0 Å². The second kappa shape index (κ2) is 9.57. The van der Waals surface area contributed by atoms with Gasteiger partial charge in [0.1, 0.15) is 17.5 Å². The third kappa shape index (κ3) is 5.07. The van der Waals surface area contributed by atoms with Crippen molar-refractivity contribution in [3.63, 3.8) is 0 Å². The molecule has 10 heteroatoms. The van der Waals surface area contributed by atoms with Crippen LogP contribution in [0, 0.1) is 0 Å². The molecule has 0 aliphatic heterocycles. The molecule has 0 fully saturated rings. The molecule has 0 bridgehead atoms. The van der Waals surface area contributed by atoms with Crippen molar-refractivity contribution in [2.75, 3.05) is 44.3 Å². The molecule has 1 N–H and O–H groups in total. The van der Waals surface area contributed by atoms with Crippen LogP contribution < -0.4 is 28.6 Å². The number of anilines is 2. The Hall–Kier alpha value is -3.14. The summed E-state index contributed by atoms with van der Waals surface area (Å²) in [6.07, 6.45) is 1.03. The van der Waals surface area contributed by atoms with Crippen LogP contribution in [0.1, 0.15) is 6.92 Å². The van der Waals surface area contributed by atoms with Crippen molar-refractivity contribution in [2.24, 2.45) is 0 Å². The Bertz CT molecular complexity index is 1010. The van der Waals surface area contributed by atoms with Crippen LogP contribution in [-0.4, -0.2) is 55.1 Å². The number of carbonyl (C=O) groups is 1. The number of hydrogen-bond acceptors (Lipinski definition) is 7. The number of sulfonamides is 1. The third-order valence-electron chi connectivity index (χ3n) is 4.37. The van der Waals surface area contributed by atoms with Gasteiger partial charge < -0.3 is 24.3 Å². The monoisotopic (exact) mass is 438 g/mol. The fourth-order valence-corrected chi connectivity index (χ4v) is 4.09. The number of carbonyl (C=O) groups excluding carboxylic acids is 1. The summed E-state index contributed by atoms with van der Waals surface area (Å²) in [6.45, 7) is 1.49. The number of nitrogens with one attached hydrogen (secondary N) is 1. The highest BCUT2D eigenvalue weighted by atomic mass is 32.2. The predicted octanol–water partition coefficient (Wildman–Crippen LogP) is 2.51. The van der Waals surface area contributed by atoms with Crippen LogP contribution in [0.4, 0.5) is 11.4 Å². The van der Waals surface area contributed by atoms with Gasteiger partial charge in [0, 0.05) is 12.1 Å². The number of rotatable bonds is 9. The van der Waals surface area contributed by atoms with Crippen molar-refractivity contribution in [2.45, 2.75) is 13.0 Å². The first-order valence-corrected chi connectivity index (χ1v) is 10.7. The zero-order valence-corrected chi connectivity index (χ0v) is 18.6. The second-order valence-electron chi connectivity index (χ2n) is 6.33. The summed E-state index contributed by atoms with van der Waals surface area (Å²) in [5.41, 5.74) is 0.616. The van der Waals surface area contributed by atoms with Gasteiger partial charge >= 0.3 is 0 Å². The Balaban J connectivity index is 2.41. The van der Waals surface area contributed by atoms with Crippen LogP contribution in [0.3, 0.4) is 0 Å². The van der Waals surface area contributed by atoms with Crippen LogP contribution in [0.2, 0.25) is 0 Å². The minimum Gasteiger partial charge on any atom is -0.497 e. The molecule has 9 nitrogen and oxygen atoms in total. The van der Waals surface area contributed by atoms with E-state index in [-0.39, 0.29) is 5.69 Å². The minimum absolute atomic E-state index is 0.260. The fourth-order valence-electron chi connectivity index (χ4n) is 2.92. The normalized spacial score (nSPS) is 11.9. The number of methoxy groups -OCH3 is 4. The van der Waals surface area contributed by atoms with E-state index < -0.39 is 22.0 Å². The molecule has 0 saturated carbocycles. The molecule has 2 aromatic carbocycles. The molecule has 0 heterocycles. The Morgan fingerprint density at radius 3 is 2.03 bits per heavy atom. The van der Waals surface area contributed by atoms with Crippen molar-refractivity contribution >= 4 is 27.3 Å². The van der Waals surface area contributed by atoms with Gasteiger partial charge in [-0.2, -0.15) is 0 Å². The lowest BCUT2D eigenvalue weighted by molar-refractivity contribution is -0.116. The number of nitrogens with zero attached hydrogens (tertiary/aromatic N) is 1.